The van der Waals surface area contributed by atoms with Gasteiger partial charge in [-0.1, -0.05) is 23.7 Å². The van der Waals surface area contributed by atoms with Crippen molar-refractivity contribution >= 4 is 25.2 Å². The lowest BCUT2D eigenvalue weighted by atomic mass is 10.1. The van der Waals surface area contributed by atoms with E-state index in [0.29, 0.717) is 17.0 Å². The molecule has 0 aliphatic carbocycles. The number of phosphoric ester groups is 1. The van der Waals surface area contributed by atoms with Gasteiger partial charge in [0.25, 0.3) is 6.23 Å². The normalized spacial score (nSPS) is 32.7. The van der Waals surface area contributed by atoms with Crippen molar-refractivity contribution in [2.45, 2.75) is 44.0 Å². The Morgan fingerprint density at radius 1 is 1.28 bits per heavy atom. The standard InChI is InChI=1S/C21H24ClNO8P/c1-13(24)15-5-3-8-23(11-15)21-20(26)19(25)18(30-21)12-29-32(27)28-9-7-17(31-32)14-4-2-6-16(22)10-14/h2-6,8,10-11,17-21,25-26H,7,9,12H2,1H3/q+1/t17-,18+,19?,20-,21+,32?/m0/s1. The molecule has 172 valence electrons. The Kier molecular flexibility index (Phi) is 7.09. The molecule has 2 aliphatic rings. The lowest BCUT2D eigenvalue weighted by Crippen LogP contribution is -2.46. The number of ketones is 1. The molecule has 0 spiro atoms. The molecule has 2 aromatic rings. The molecular weight excluding hydrogens is 461 g/mol. The molecule has 0 amide bonds. The van der Waals surface area contributed by atoms with Crippen molar-refractivity contribution < 1.29 is 42.4 Å². The maximum Gasteiger partial charge on any atom is 0.475 e. The minimum absolute atomic E-state index is 0.147. The summed E-state index contributed by atoms with van der Waals surface area (Å²) in [6.07, 6.45) is -1.46. The summed E-state index contributed by atoms with van der Waals surface area (Å²) in [5, 5.41) is 21.4. The van der Waals surface area contributed by atoms with Crippen LogP contribution in [0.5, 0.6) is 0 Å². The summed E-state index contributed by atoms with van der Waals surface area (Å²) in [6, 6.07) is 10.3. The number of Topliss-reactive ketones (excluding diaryl/α,β-unsaturated/α-hetero) is 1. The highest BCUT2D eigenvalue weighted by atomic mass is 35.5. The van der Waals surface area contributed by atoms with Gasteiger partial charge in [0.2, 0.25) is 0 Å². The molecule has 2 saturated heterocycles. The third-order valence-electron chi connectivity index (χ3n) is 5.36. The van der Waals surface area contributed by atoms with Crippen molar-refractivity contribution in [2.24, 2.45) is 0 Å². The Balaban J connectivity index is 1.41. The first-order valence-electron chi connectivity index (χ1n) is 10.1. The zero-order valence-corrected chi connectivity index (χ0v) is 18.9. The molecule has 2 fully saturated rings. The first-order valence-corrected chi connectivity index (χ1v) is 12.0. The highest BCUT2D eigenvalue weighted by Crippen LogP contribution is 2.57. The number of carbonyl (C=O) groups excluding carboxylic acids is 1. The van der Waals surface area contributed by atoms with Gasteiger partial charge in [-0.3, -0.25) is 18.4 Å². The Bertz CT molecular complexity index is 1040. The van der Waals surface area contributed by atoms with Gasteiger partial charge in [0.1, 0.15) is 12.2 Å². The van der Waals surface area contributed by atoms with Gasteiger partial charge >= 0.3 is 7.82 Å². The molecule has 32 heavy (non-hydrogen) atoms. The maximum absolute atomic E-state index is 13.0. The fourth-order valence-corrected chi connectivity index (χ4v) is 5.24. The van der Waals surface area contributed by atoms with Gasteiger partial charge < -0.3 is 14.9 Å². The zero-order valence-electron chi connectivity index (χ0n) is 17.2. The average molecular weight is 485 g/mol. The molecule has 0 saturated carbocycles. The lowest BCUT2D eigenvalue weighted by molar-refractivity contribution is -0.765. The SMILES string of the molecule is CC(=O)c1ccc[n+]([C@@H]2O[C@H](COP3(=O)OCC[C@@H](c4cccc(Cl)c4)O3)C(O)[C@@H]2O)c1. The number of ether oxygens (including phenoxy) is 1. The largest absolute Gasteiger partial charge is 0.475 e. The number of pyridine rings is 1. The average Bonchev–Trinajstić information content (AvgIpc) is 3.06. The highest BCUT2D eigenvalue weighted by Gasteiger charge is 2.49. The molecule has 0 bridgehead atoms. The van der Waals surface area contributed by atoms with Gasteiger partial charge in [0.05, 0.1) is 24.9 Å². The fraction of sp³-hybridized carbons (Fsp3) is 0.429. The molecule has 0 radical (unpaired) electrons. The van der Waals surface area contributed by atoms with Crippen molar-refractivity contribution in [3.8, 4) is 0 Å². The van der Waals surface area contributed by atoms with Crippen molar-refractivity contribution in [3.63, 3.8) is 0 Å². The molecule has 3 heterocycles. The van der Waals surface area contributed by atoms with Crippen molar-refractivity contribution in [3.05, 3.63) is 64.9 Å². The van der Waals surface area contributed by atoms with E-state index >= 15 is 0 Å². The summed E-state index contributed by atoms with van der Waals surface area (Å²) in [5.41, 5.74) is 1.18. The Hall–Kier alpha value is -1.68. The number of hydrogen-bond donors (Lipinski definition) is 2. The molecule has 4 rings (SSSR count). The smallest absolute Gasteiger partial charge is 0.387 e. The van der Waals surface area contributed by atoms with Crippen LogP contribution in [0.4, 0.5) is 0 Å². The summed E-state index contributed by atoms with van der Waals surface area (Å²) in [5.74, 6) is -0.147. The number of aliphatic hydroxyl groups excluding tert-OH is 2. The zero-order chi connectivity index (χ0) is 22.9. The Labute approximate surface area is 190 Å². The number of aromatic nitrogens is 1. The number of aliphatic hydroxyl groups is 2. The van der Waals surface area contributed by atoms with Gasteiger partial charge in [-0.15, -0.1) is 0 Å². The Morgan fingerprint density at radius 3 is 2.84 bits per heavy atom. The van der Waals surface area contributed by atoms with Crippen LogP contribution in [0, 0.1) is 0 Å². The number of nitrogens with zero attached hydrogens (tertiary/aromatic N) is 1. The number of phosphoric acid groups is 1. The van der Waals surface area contributed by atoms with Gasteiger partial charge in [-0.25, -0.2) is 4.57 Å². The van der Waals surface area contributed by atoms with E-state index in [9.17, 15) is 19.6 Å². The van der Waals surface area contributed by atoms with Crippen LogP contribution in [0.25, 0.3) is 0 Å². The van der Waals surface area contributed by atoms with E-state index in [1.807, 2.05) is 6.07 Å². The lowest BCUT2D eigenvalue weighted by Gasteiger charge is -2.29. The quantitative estimate of drug-likeness (QED) is 0.365. The summed E-state index contributed by atoms with van der Waals surface area (Å²) in [6.45, 7) is 1.25. The first kappa shape index (κ1) is 23.5. The van der Waals surface area contributed by atoms with Crippen molar-refractivity contribution in [1.29, 1.82) is 0 Å². The summed E-state index contributed by atoms with van der Waals surface area (Å²) in [4.78, 5) is 11.6. The van der Waals surface area contributed by atoms with Gasteiger partial charge in [0, 0.05) is 17.5 Å². The molecular formula is C21H24ClNO8P+. The molecule has 1 aromatic heterocycles. The maximum atomic E-state index is 13.0. The molecule has 11 heteroatoms. The van der Waals surface area contributed by atoms with Gasteiger partial charge in [-0.2, -0.15) is 4.57 Å². The summed E-state index contributed by atoms with van der Waals surface area (Å²) >= 11 is 6.03. The van der Waals surface area contributed by atoms with Crippen LogP contribution in [0.1, 0.15) is 41.6 Å². The molecule has 2 aliphatic heterocycles. The fourth-order valence-electron chi connectivity index (χ4n) is 3.65. The van der Waals surface area contributed by atoms with Crippen LogP contribution in [-0.4, -0.2) is 47.5 Å². The van der Waals surface area contributed by atoms with E-state index < -0.39 is 38.5 Å². The van der Waals surface area contributed by atoms with Gasteiger partial charge in [0.15, 0.2) is 24.3 Å². The van der Waals surface area contributed by atoms with E-state index in [1.165, 1.54) is 17.7 Å². The topological polar surface area (TPSA) is 115 Å². The number of rotatable bonds is 6. The summed E-state index contributed by atoms with van der Waals surface area (Å²) in [7, 11) is -3.93. The number of halogens is 1. The predicted molar refractivity (Wildman–Crippen MR) is 112 cm³/mol. The Morgan fingerprint density at radius 2 is 2.09 bits per heavy atom. The van der Waals surface area contributed by atoms with Crippen molar-refractivity contribution in [1.82, 2.24) is 0 Å². The van der Waals surface area contributed by atoms with E-state index in [1.54, 1.807) is 36.5 Å². The van der Waals surface area contributed by atoms with E-state index in [-0.39, 0.29) is 19.0 Å². The van der Waals surface area contributed by atoms with E-state index in [4.69, 9.17) is 29.9 Å². The third-order valence-corrected chi connectivity index (χ3v) is 7.07. The number of benzene rings is 1. The monoisotopic (exact) mass is 484 g/mol. The van der Waals surface area contributed by atoms with Gasteiger partial charge in [-0.05, 0) is 30.7 Å². The summed E-state index contributed by atoms with van der Waals surface area (Å²) < 4.78 is 36.5. The van der Waals surface area contributed by atoms with Crippen molar-refractivity contribution in [2.75, 3.05) is 13.2 Å². The van der Waals surface area contributed by atoms with Crippen LogP contribution in [0.3, 0.4) is 0 Å². The second-order valence-corrected chi connectivity index (χ2v) is 9.71. The third kappa shape index (κ3) is 5.11. The van der Waals surface area contributed by atoms with E-state index in [2.05, 4.69) is 0 Å². The van der Waals surface area contributed by atoms with Crippen LogP contribution >= 0.6 is 19.4 Å². The second kappa shape index (κ2) is 9.67. The second-order valence-electron chi connectivity index (χ2n) is 7.66. The molecule has 9 nitrogen and oxygen atoms in total. The molecule has 1 aromatic carbocycles. The first-order chi connectivity index (χ1) is 15.3. The minimum Gasteiger partial charge on any atom is -0.387 e. The van der Waals surface area contributed by atoms with Crippen LogP contribution in [0.2, 0.25) is 5.02 Å². The molecule has 6 atom stereocenters. The highest BCUT2D eigenvalue weighted by molar-refractivity contribution is 7.48. The van der Waals surface area contributed by atoms with Crippen LogP contribution in [0.15, 0.2) is 48.8 Å². The molecule has 2 unspecified atom stereocenters. The number of hydrogen-bond acceptors (Lipinski definition) is 8. The van der Waals surface area contributed by atoms with Crippen LogP contribution in [-0.2, 0) is 22.9 Å². The predicted octanol–water partition coefficient (Wildman–Crippen LogP) is 2.75. The number of carbonyl (C=O) groups is 1. The van der Waals surface area contributed by atoms with Crippen LogP contribution < -0.4 is 4.57 Å². The van der Waals surface area contributed by atoms with E-state index in [0.717, 1.165) is 5.56 Å². The molecule has 2 N–H and O–H groups in total. The minimum atomic E-state index is -3.93.